The summed E-state index contributed by atoms with van der Waals surface area (Å²) in [6.07, 6.45) is 1.50. The summed E-state index contributed by atoms with van der Waals surface area (Å²) < 4.78 is 5.56. The first-order valence-electron chi connectivity index (χ1n) is 7.67. The van der Waals surface area contributed by atoms with Gasteiger partial charge in [-0.2, -0.15) is 11.3 Å². The van der Waals surface area contributed by atoms with Crippen LogP contribution in [0.15, 0.2) is 51.6 Å². The Morgan fingerprint density at radius 2 is 2.13 bits per heavy atom. The van der Waals surface area contributed by atoms with E-state index in [1.54, 1.807) is 17.4 Å². The van der Waals surface area contributed by atoms with E-state index in [0.717, 1.165) is 11.8 Å². The molecule has 0 fully saturated rings. The molecule has 2 N–H and O–H groups in total. The van der Waals surface area contributed by atoms with Crippen molar-refractivity contribution in [3.05, 3.63) is 58.5 Å². The number of fused-ring (bicyclic) bond motifs is 1. The summed E-state index contributed by atoms with van der Waals surface area (Å²) in [6.45, 7) is 0.703. The molecule has 1 amide bonds. The van der Waals surface area contributed by atoms with E-state index in [1.165, 1.54) is 5.56 Å². The minimum absolute atomic E-state index is 0.151. The summed E-state index contributed by atoms with van der Waals surface area (Å²) in [5, 5.41) is 17.2. The molecule has 2 aromatic heterocycles. The van der Waals surface area contributed by atoms with Crippen LogP contribution in [0.4, 0.5) is 0 Å². The molecule has 0 bridgehead atoms. The van der Waals surface area contributed by atoms with Crippen LogP contribution in [0.1, 0.15) is 34.9 Å². The van der Waals surface area contributed by atoms with Gasteiger partial charge in [0.2, 0.25) is 0 Å². The van der Waals surface area contributed by atoms with Crippen molar-refractivity contribution in [2.24, 2.45) is 0 Å². The maximum absolute atomic E-state index is 12.2. The van der Waals surface area contributed by atoms with Gasteiger partial charge in [-0.05, 0) is 53.3 Å². The number of aliphatic hydroxyl groups excluding tert-OH is 1. The fourth-order valence-corrected chi connectivity index (χ4v) is 3.42. The number of amides is 1. The van der Waals surface area contributed by atoms with Gasteiger partial charge in [0, 0.05) is 18.5 Å². The van der Waals surface area contributed by atoms with Crippen LogP contribution < -0.4 is 5.32 Å². The van der Waals surface area contributed by atoms with E-state index >= 15 is 0 Å². The van der Waals surface area contributed by atoms with Crippen LogP contribution in [0.5, 0.6) is 0 Å². The van der Waals surface area contributed by atoms with Crippen LogP contribution in [0.2, 0.25) is 0 Å². The molecule has 1 aromatic carbocycles. The molecule has 0 saturated carbocycles. The van der Waals surface area contributed by atoms with Crippen LogP contribution in [-0.4, -0.2) is 24.2 Å². The highest BCUT2D eigenvalue weighted by molar-refractivity contribution is 7.07. The molecule has 23 heavy (non-hydrogen) atoms. The fourth-order valence-electron chi connectivity index (χ4n) is 2.68. The van der Waals surface area contributed by atoms with Gasteiger partial charge in [-0.3, -0.25) is 4.79 Å². The topological polar surface area (TPSA) is 62.5 Å². The van der Waals surface area contributed by atoms with Crippen LogP contribution in [0.3, 0.4) is 0 Å². The third kappa shape index (κ3) is 3.81. The van der Waals surface area contributed by atoms with E-state index in [1.807, 2.05) is 29.6 Å². The summed E-state index contributed by atoms with van der Waals surface area (Å²) in [6, 6.07) is 11.4. The molecule has 5 heteroatoms. The maximum atomic E-state index is 12.2. The van der Waals surface area contributed by atoms with Crippen LogP contribution in [0, 0.1) is 0 Å². The normalized spacial score (nSPS) is 12.4. The summed E-state index contributed by atoms with van der Waals surface area (Å²) in [7, 11) is 0. The molecule has 4 nitrogen and oxygen atoms in total. The van der Waals surface area contributed by atoms with Gasteiger partial charge in [-0.15, -0.1) is 0 Å². The maximum Gasteiger partial charge on any atom is 0.287 e. The molecule has 0 spiro atoms. The van der Waals surface area contributed by atoms with E-state index in [0.29, 0.717) is 24.3 Å². The van der Waals surface area contributed by atoms with Crippen molar-refractivity contribution in [1.29, 1.82) is 0 Å². The molecule has 1 atom stereocenters. The first kappa shape index (κ1) is 15.8. The Kier molecular flexibility index (Phi) is 5.10. The third-order valence-corrected chi connectivity index (χ3v) is 4.62. The predicted molar refractivity (Wildman–Crippen MR) is 91.9 cm³/mol. The summed E-state index contributed by atoms with van der Waals surface area (Å²) in [5.74, 6) is 0.400. The van der Waals surface area contributed by atoms with E-state index in [9.17, 15) is 9.90 Å². The Labute approximate surface area is 138 Å². The molecular formula is C18H19NO3S. The van der Waals surface area contributed by atoms with Crippen molar-refractivity contribution in [2.75, 3.05) is 13.2 Å². The van der Waals surface area contributed by atoms with E-state index < -0.39 is 0 Å². The molecule has 3 aromatic rings. The number of para-hydroxylation sites is 1. The van der Waals surface area contributed by atoms with Gasteiger partial charge in [-0.25, -0.2) is 0 Å². The van der Waals surface area contributed by atoms with Crippen LogP contribution in [0.25, 0.3) is 11.0 Å². The number of hydrogen-bond donors (Lipinski definition) is 2. The molecular weight excluding hydrogens is 310 g/mol. The summed E-state index contributed by atoms with van der Waals surface area (Å²) in [5.41, 5.74) is 1.94. The highest BCUT2D eigenvalue weighted by Crippen LogP contribution is 2.25. The molecule has 3 rings (SSSR count). The first-order valence-corrected chi connectivity index (χ1v) is 8.62. The molecule has 0 radical (unpaired) electrons. The molecule has 0 aliphatic carbocycles. The second-order valence-electron chi connectivity index (χ2n) is 5.46. The molecule has 0 aliphatic rings. The number of thiophene rings is 1. The van der Waals surface area contributed by atoms with Crippen molar-refractivity contribution in [3.63, 3.8) is 0 Å². The zero-order valence-corrected chi connectivity index (χ0v) is 13.5. The lowest BCUT2D eigenvalue weighted by molar-refractivity contribution is 0.0926. The van der Waals surface area contributed by atoms with Crippen molar-refractivity contribution in [2.45, 2.75) is 18.8 Å². The standard InChI is InChI=1S/C18H19NO3S/c20-9-6-13(15-7-10-23-12-15)5-8-19-18(21)17-11-14-3-1-2-4-16(14)22-17/h1-4,7,10-13,20H,5-6,8-9H2,(H,19,21)/t13-/m0/s1. The van der Waals surface area contributed by atoms with Gasteiger partial charge >= 0.3 is 0 Å². The summed E-state index contributed by atoms with van der Waals surface area (Å²) in [4.78, 5) is 12.2. The Morgan fingerprint density at radius 3 is 2.87 bits per heavy atom. The zero-order valence-electron chi connectivity index (χ0n) is 12.7. The zero-order chi connectivity index (χ0) is 16.1. The molecule has 0 unspecified atom stereocenters. The smallest absolute Gasteiger partial charge is 0.287 e. The van der Waals surface area contributed by atoms with E-state index in [-0.39, 0.29) is 18.4 Å². The average molecular weight is 329 g/mol. The lowest BCUT2D eigenvalue weighted by Gasteiger charge is -2.14. The quantitative estimate of drug-likeness (QED) is 0.693. The van der Waals surface area contributed by atoms with Gasteiger partial charge in [0.05, 0.1) is 0 Å². The second kappa shape index (κ2) is 7.44. The van der Waals surface area contributed by atoms with E-state index in [2.05, 4.69) is 16.8 Å². The Hall–Kier alpha value is -2.11. The minimum atomic E-state index is -0.200. The highest BCUT2D eigenvalue weighted by atomic mass is 32.1. The van der Waals surface area contributed by atoms with Gasteiger partial charge in [0.25, 0.3) is 5.91 Å². The number of aliphatic hydroxyl groups is 1. The largest absolute Gasteiger partial charge is 0.451 e. The minimum Gasteiger partial charge on any atom is -0.451 e. The van der Waals surface area contributed by atoms with Gasteiger partial charge in [0.15, 0.2) is 5.76 Å². The monoisotopic (exact) mass is 329 g/mol. The number of hydrogen-bond acceptors (Lipinski definition) is 4. The number of carbonyl (C=O) groups excluding carboxylic acids is 1. The SMILES string of the molecule is O=C(NCC[C@@H](CCO)c1ccsc1)c1cc2ccccc2o1. The first-order chi connectivity index (χ1) is 11.3. The van der Waals surface area contributed by atoms with E-state index in [4.69, 9.17) is 4.42 Å². The third-order valence-electron chi connectivity index (χ3n) is 3.92. The molecule has 2 heterocycles. The van der Waals surface area contributed by atoms with Crippen molar-refractivity contribution in [3.8, 4) is 0 Å². The number of benzene rings is 1. The van der Waals surface area contributed by atoms with Crippen molar-refractivity contribution >= 4 is 28.2 Å². The Balaban J connectivity index is 1.57. The molecule has 120 valence electrons. The second-order valence-corrected chi connectivity index (χ2v) is 6.24. The van der Waals surface area contributed by atoms with Crippen LogP contribution >= 0.6 is 11.3 Å². The molecule has 0 aliphatic heterocycles. The average Bonchev–Trinajstić information content (AvgIpc) is 3.23. The number of nitrogens with one attached hydrogen (secondary N) is 1. The molecule has 0 saturated heterocycles. The van der Waals surface area contributed by atoms with Gasteiger partial charge < -0.3 is 14.8 Å². The van der Waals surface area contributed by atoms with Crippen molar-refractivity contribution < 1.29 is 14.3 Å². The Bertz CT molecular complexity index is 731. The fraction of sp³-hybridized carbons (Fsp3) is 0.278. The number of carbonyl (C=O) groups is 1. The van der Waals surface area contributed by atoms with Gasteiger partial charge in [0.1, 0.15) is 5.58 Å². The summed E-state index contributed by atoms with van der Waals surface area (Å²) >= 11 is 1.65. The number of furan rings is 1. The van der Waals surface area contributed by atoms with Crippen molar-refractivity contribution in [1.82, 2.24) is 5.32 Å². The Morgan fingerprint density at radius 1 is 1.26 bits per heavy atom. The van der Waals surface area contributed by atoms with Crippen LogP contribution in [-0.2, 0) is 0 Å². The lowest BCUT2D eigenvalue weighted by Crippen LogP contribution is -2.25. The lowest BCUT2D eigenvalue weighted by atomic mass is 9.95. The predicted octanol–water partition coefficient (Wildman–Crippen LogP) is 3.78. The number of rotatable bonds is 7. The highest BCUT2D eigenvalue weighted by Gasteiger charge is 2.14. The van der Waals surface area contributed by atoms with Gasteiger partial charge in [-0.1, -0.05) is 18.2 Å².